The predicted octanol–water partition coefficient (Wildman–Crippen LogP) is -0.991. The summed E-state index contributed by atoms with van der Waals surface area (Å²) in [6.45, 7) is 1.67. The lowest BCUT2D eigenvalue weighted by atomic mass is 10.1. The van der Waals surface area contributed by atoms with Crippen LogP contribution >= 0.6 is 0 Å². The largest absolute Gasteiger partial charge is 0.394 e. The van der Waals surface area contributed by atoms with E-state index in [9.17, 15) is 15.0 Å². The molecule has 0 saturated carbocycles. The number of aliphatic hydroxyl groups excluding tert-OH is 2. The summed E-state index contributed by atoms with van der Waals surface area (Å²) in [6.07, 6.45) is -0.982. The van der Waals surface area contributed by atoms with Crippen molar-refractivity contribution in [3.63, 3.8) is 0 Å². The van der Waals surface area contributed by atoms with Crippen molar-refractivity contribution in [3.8, 4) is 0 Å². The standard InChI is InChI=1S/C11H17N5O5/c1-2-20-11-13-7(18)3-4-16(11)10-8(14-15-12)9(19)6(5-17)21-10/h3-4,6,8-11,17,19H,2,5H2,1H3,(H,13,18)/t6-,8-,9-,10-,11?/m1/s1. The maximum Gasteiger partial charge on any atom is 0.248 e. The van der Waals surface area contributed by atoms with Crippen LogP contribution in [0.1, 0.15) is 6.92 Å². The molecular weight excluding hydrogens is 282 g/mol. The van der Waals surface area contributed by atoms with Gasteiger partial charge in [0.05, 0.1) is 12.7 Å². The van der Waals surface area contributed by atoms with Crippen molar-refractivity contribution in [2.45, 2.75) is 37.8 Å². The number of hydrogen-bond acceptors (Lipinski definition) is 7. The number of aliphatic hydroxyl groups is 2. The highest BCUT2D eigenvalue weighted by Gasteiger charge is 2.47. The Morgan fingerprint density at radius 2 is 2.43 bits per heavy atom. The van der Waals surface area contributed by atoms with E-state index in [1.807, 2.05) is 0 Å². The SMILES string of the molecule is CCOC1NC(=O)C=CN1[C@@H]1O[C@H](CO)[C@@H](O)[C@H]1N=[N+]=[N-]. The van der Waals surface area contributed by atoms with E-state index in [-0.39, 0.29) is 5.91 Å². The monoisotopic (exact) mass is 299 g/mol. The Morgan fingerprint density at radius 3 is 3.05 bits per heavy atom. The Bertz CT molecular complexity index is 466. The summed E-state index contributed by atoms with van der Waals surface area (Å²) in [4.78, 5) is 15.6. The highest BCUT2D eigenvalue weighted by molar-refractivity contribution is 5.88. The van der Waals surface area contributed by atoms with Gasteiger partial charge in [-0.15, -0.1) is 0 Å². The first-order valence-electron chi connectivity index (χ1n) is 6.48. The highest BCUT2D eigenvalue weighted by atomic mass is 16.6. The number of azide groups is 1. The fourth-order valence-corrected chi connectivity index (χ4v) is 2.29. The Balaban J connectivity index is 2.26. The van der Waals surface area contributed by atoms with E-state index in [1.54, 1.807) is 6.92 Å². The van der Waals surface area contributed by atoms with Gasteiger partial charge in [-0.3, -0.25) is 4.79 Å². The van der Waals surface area contributed by atoms with Crippen molar-refractivity contribution in [1.82, 2.24) is 10.2 Å². The molecule has 10 nitrogen and oxygen atoms in total. The number of amides is 1. The van der Waals surface area contributed by atoms with Crippen molar-refractivity contribution in [2.75, 3.05) is 13.2 Å². The average molecular weight is 299 g/mol. The van der Waals surface area contributed by atoms with E-state index in [0.29, 0.717) is 6.61 Å². The number of carbonyl (C=O) groups is 1. The molecule has 1 amide bonds. The molecule has 1 saturated heterocycles. The molecule has 3 N–H and O–H groups in total. The quantitative estimate of drug-likeness (QED) is 0.338. The summed E-state index contributed by atoms with van der Waals surface area (Å²) in [6, 6.07) is -0.935. The predicted molar refractivity (Wildman–Crippen MR) is 69.2 cm³/mol. The third kappa shape index (κ3) is 3.09. The second-order valence-electron chi connectivity index (χ2n) is 4.51. The van der Waals surface area contributed by atoms with Gasteiger partial charge in [0.1, 0.15) is 18.4 Å². The van der Waals surface area contributed by atoms with Gasteiger partial charge in [0.15, 0.2) is 0 Å². The molecule has 10 heteroatoms. The minimum Gasteiger partial charge on any atom is -0.394 e. The number of ether oxygens (including phenoxy) is 2. The zero-order valence-electron chi connectivity index (χ0n) is 11.4. The molecule has 116 valence electrons. The molecule has 5 atom stereocenters. The van der Waals surface area contributed by atoms with Gasteiger partial charge in [0, 0.05) is 23.8 Å². The summed E-state index contributed by atoms with van der Waals surface area (Å²) in [5.41, 5.74) is 8.62. The fraction of sp³-hybridized carbons (Fsp3) is 0.727. The number of nitrogens with zero attached hydrogens (tertiary/aromatic N) is 4. The molecule has 0 spiro atoms. The van der Waals surface area contributed by atoms with Gasteiger partial charge < -0.3 is 29.9 Å². The van der Waals surface area contributed by atoms with Crippen molar-refractivity contribution in [3.05, 3.63) is 22.7 Å². The van der Waals surface area contributed by atoms with Crippen LogP contribution in [-0.4, -0.2) is 65.1 Å². The average Bonchev–Trinajstić information content (AvgIpc) is 2.77. The lowest BCUT2D eigenvalue weighted by Crippen LogP contribution is -2.56. The van der Waals surface area contributed by atoms with Crippen molar-refractivity contribution < 1.29 is 24.5 Å². The Labute approximate surface area is 120 Å². The van der Waals surface area contributed by atoms with Gasteiger partial charge in [-0.2, -0.15) is 0 Å². The molecule has 2 aliphatic rings. The van der Waals surface area contributed by atoms with Crippen LogP contribution in [-0.2, 0) is 14.3 Å². The normalized spacial score (nSPS) is 35.5. The topological polar surface area (TPSA) is 140 Å². The van der Waals surface area contributed by atoms with Gasteiger partial charge in [-0.1, -0.05) is 5.11 Å². The first-order valence-corrected chi connectivity index (χ1v) is 6.48. The summed E-state index contributed by atoms with van der Waals surface area (Å²) in [7, 11) is 0. The summed E-state index contributed by atoms with van der Waals surface area (Å²) >= 11 is 0. The highest BCUT2D eigenvalue weighted by Crippen LogP contribution is 2.29. The van der Waals surface area contributed by atoms with E-state index >= 15 is 0 Å². The maximum absolute atomic E-state index is 11.4. The molecule has 2 heterocycles. The van der Waals surface area contributed by atoms with Crippen LogP contribution in [0.2, 0.25) is 0 Å². The molecule has 0 aliphatic carbocycles. The summed E-state index contributed by atoms with van der Waals surface area (Å²) in [5.74, 6) is -0.331. The Morgan fingerprint density at radius 1 is 1.67 bits per heavy atom. The van der Waals surface area contributed by atoms with Crippen molar-refractivity contribution in [2.24, 2.45) is 5.11 Å². The summed E-state index contributed by atoms with van der Waals surface area (Å²) in [5, 5.41) is 25.3. The van der Waals surface area contributed by atoms with Crippen LogP contribution in [0.25, 0.3) is 10.4 Å². The second kappa shape index (κ2) is 6.74. The molecule has 1 fully saturated rings. The van der Waals surface area contributed by atoms with E-state index in [4.69, 9.17) is 15.0 Å². The number of carbonyl (C=O) groups excluding carboxylic acids is 1. The first-order chi connectivity index (χ1) is 10.1. The summed E-state index contributed by atoms with van der Waals surface area (Å²) < 4.78 is 10.9. The molecule has 1 unspecified atom stereocenters. The van der Waals surface area contributed by atoms with E-state index in [2.05, 4.69) is 15.3 Å². The minimum absolute atomic E-state index is 0.331. The van der Waals surface area contributed by atoms with Crippen LogP contribution in [0.3, 0.4) is 0 Å². The zero-order valence-corrected chi connectivity index (χ0v) is 11.4. The van der Waals surface area contributed by atoms with E-state index < -0.39 is 37.4 Å². The molecule has 2 rings (SSSR count). The third-order valence-corrected chi connectivity index (χ3v) is 3.26. The second-order valence-corrected chi connectivity index (χ2v) is 4.51. The van der Waals surface area contributed by atoms with Crippen molar-refractivity contribution in [1.29, 1.82) is 0 Å². The third-order valence-electron chi connectivity index (χ3n) is 3.26. The molecule has 2 aliphatic heterocycles. The zero-order chi connectivity index (χ0) is 15.4. The van der Waals surface area contributed by atoms with Gasteiger partial charge >= 0.3 is 0 Å². The maximum atomic E-state index is 11.4. The van der Waals surface area contributed by atoms with Gasteiger partial charge in [-0.05, 0) is 12.5 Å². The molecule has 0 aromatic rings. The van der Waals surface area contributed by atoms with Gasteiger partial charge in [-0.25, -0.2) is 0 Å². The van der Waals surface area contributed by atoms with Crippen LogP contribution in [0, 0.1) is 0 Å². The Kier molecular flexibility index (Phi) is 4.99. The smallest absolute Gasteiger partial charge is 0.248 e. The Hall–Kier alpha value is -1.84. The van der Waals surface area contributed by atoms with Crippen molar-refractivity contribution >= 4 is 5.91 Å². The van der Waals surface area contributed by atoms with Crippen LogP contribution in [0.4, 0.5) is 0 Å². The first kappa shape index (κ1) is 15.5. The van der Waals surface area contributed by atoms with Crippen LogP contribution in [0.15, 0.2) is 17.4 Å². The number of rotatable bonds is 5. The van der Waals surface area contributed by atoms with Crippen LogP contribution < -0.4 is 5.32 Å². The lowest BCUT2D eigenvalue weighted by molar-refractivity contribution is -0.157. The molecule has 0 bridgehead atoms. The van der Waals surface area contributed by atoms with Crippen LogP contribution in [0.5, 0.6) is 0 Å². The molecule has 0 aromatic heterocycles. The van der Waals surface area contributed by atoms with E-state index in [0.717, 1.165) is 0 Å². The van der Waals surface area contributed by atoms with Gasteiger partial charge in [0.25, 0.3) is 0 Å². The number of hydrogen-bond donors (Lipinski definition) is 3. The minimum atomic E-state index is -1.15. The number of nitrogens with one attached hydrogen (secondary N) is 1. The van der Waals surface area contributed by atoms with E-state index in [1.165, 1.54) is 17.2 Å². The fourth-order valence-electron chi connectivity index (χ4n) is 2.29. The molecule has 0 radical (unpaired) electrons. The molecule has 0 aromatic carbocycles. The molecule has 21 heavy (non-hydrogen) atoms. The molecular formula is C11H17N5O5. The lowest BCUT2D eigenvalue weighted by Gasteiger charge is -2.38. The van der Waals surface area contributed by atoms with Gasteiger partial charge in [0.2, 0.25) is 12.3 Å².